The largest absolute Gasteiger partial charge is 0.0984 e. The summed E-state index contributed by atoms with van der Waals surface area (Å²) in [5.74, 6) is 0. The van der Waals surface area contributed by atoms with Gasteiger partial charge >= 0.3 is 0 Å². The monoisotopic (exact) mass is 218 g/mol. The molecule has 0 radical (unpaired) electrons. The molecule has 0 unspecified atom stereocenters. The Morgan fingerprint density at radius 3 is 1.94 bits per heavy atom. The van der Waals surface area contributed by atoms with E-state index in [1.54, 1.807) is 0 Å². The van der Waals surface area contributed by atoms with Crippen molar-refractivity contribution in [2.75, 3.05) is 0 Å². The van der Waals surface area contributed by atoms with Gasteiger partial charge in [0, 0.05) is 0 Å². The van der Waals surface area contributed by atoms with E-state index in [-0.39, 0.29) is 0 Å². The average molecular weight is 218 g/mol. The number of rotatable bonds is 2. The zero-order valence-corrected chi connectivity index (χ0v) is 11.7. The minimum absolute atomic E-state index is 1.10. The molecule has 0 amide bonds. The van der Waals surface area contributed by atoms with Crippen LogP contribution in [-0.4, -0.2) is 0 Å². The molecule has 0 saturated heterocycles. The van der Waals surface area contributed by atoms with Crippen molar-refractivity contribution in [1.29, 1.82) is 0 Å². The quantitative estimate of drug-likeness (QED) is 0.595. The highest BCUT2D eigenvalue weighted by atomic mass is 14.1. The molecule has 0 heteroatoms. The van der Waals surface area contributed by atoms with Gasteiger partial charge in [-0.1, -0.05) is 70.7 Å². The number of hydrogen-bond donors (Lipinski definition) is 0. The summed E-state index contributed by atoms with van der Waals surface area (Å²) in [5, 5.41) is 0. The second-order valence-corrected chi connectivity index (χ2v) is 3.02. The van der Waals surface area contributed by atoms with Gasteiger partial charge in [-0.15, -0.1) is 0 Å². The molecule has 0 aromatic heterocycles. The Hall–Kier alpha value is -1.30. The molecule has 1 rings (SSSR count). The molecule has 0 spiro atoms. The summed E-state index contributed by atoms with van der Waals surface area (Å²) in [6.07, 6.45) is 1.87. The molecule has 0 atom stereocenters. The molecule has 90 valence electrons. The molecule has 0 aliphatic heterocycles. The SMILES string of the molecule is C=Cc1cccc(C)c1C(=C)C.CC.CC. The van der Waals surface area contributed by atoms with E-state index >= 15 is 0 Å². The van der Waals surface area contributed by atoms with Gasteiger partial charge in [-0.25, -0.2) is 0 Å². The summed E-state index contributed by atoms with van der Waals surface area (Å²) in [6, 6.07) is 6.19. The van der Waals surface area contributed by atoms with Gasteiger partial charge in [0.1, 0.15) is 0 Å². The van der Waals surface area contributed by atoms with E-state index in [2.05, 4.69) is 32.2 Å². The standard InChI is InChI=1S/C12H14.2C2H6/c1-5-11-8-6-7-10(4)12(11)9(2)3;2*1-2/h5-8H,1-2H2,3-4H3;2*1-2H3. The molecule has 0 saturated carbocycles. The van der Waals surface area contributed by atoms with Crippen LogP contribution in [0.2, 0.25) is 0 Å². The fraction of sp³-hybridized carbons (Fsp3) is 0.375. The van der Waals surface area contributed by atoms with E-state index in [1.807, 2.05) is 46.8 Å². The first-order chi connectivity index (χ1) is 7.66. The maximum atomic E-state index is 3.95. The van der Waals surface area contributed by atoms with Crippen molar-refractivity contribution >= 4 is 11.6 Å². The number of benzene rings is 1. The van der Waals surface area contributed by atoms with Crippen LogP contribution in [0.4, 0.5) is 0 Å². The highest BCUT2D eigenvalue weighted by Crippen LogP contribution is 2.22. The molecule has 0 N–H and O–H groups in total. The first-order valence-corrected chi connectivity index (χ1v) is 6.04. The Bertz CT molecular complexity index is 319. The summed E-state index contributed by atoms with van der Waals surface area (Å²) in [6.45, 7) is 19.8. The Balaban J connectivity index is 0. The minimum Gasteiger partial charge on any atom is -0.0984 e. The third-order valence-electron chi connectivity index (χ3n) is 1.95. The van der Waals surface area contributed by atoms with Crippen LogP contribution in [0, 0.1) is 6.92 Å². The summed E-state index contributed by atoms with van der Waals surface area (Å²) in [4.78, 5) is 0. The molecule has 0 heterocycles. The lowest BCUT2D eigenvalue weighted by molar-refractivity contribution is 1.40. The lowest BCUT2D eigenvalue weighted by Crippen LogP contribution is -1.88. The summed E-state index contributed by atoms with van der Waals surface area (Å²) >= 11 is 0. The van der Waals surface area contributed by atoms with Crippen molar-refractivity contribution < 1.29 is 0 Å². The van der Waals surface area contributed by atoms with E-state index < -0.39 is 0 Å². The van der Waals surface area contributed by atoms with Crippen LogP contribution in [-0.2, 0) is 0 Å². The fourth-order valence-electron chi connectivity index (χ4n) is 1.44. The van der Waals surface area contributed by atoms with Crippen LogP contribution >= 0.6 is 0 Å². The Morgan fingerprint density at radius 1 is 1.12 bits per heavy atom. The predicted octanol–water partition coefficient (Wildman–Crippen LogP) is 5.72. The van der Waals surface area contributed by atoms with E-state index in [0.29, 0.717) is 0 Å². The molecule has 0 fully saturated rings. The van der Waals surface area contributed by atoms with Crippen LogP contribution in [0.25, 0.3) is 11.6 Å². The molecule has 0 aliphatic rings. The topological polar surface area (TPSA) is 0 Å². The van der Waals surface area contributed by atoms with Crippen LogP contribution in [0.5, 0.6) is 0 Å². The molecule has 0 bridgehead atoms. The summed E-state index contributed by atoms with van der Waals surface area (Å²) in [5.41, 5.74) is 4.76. The van der Waals surface area contributed by atoms with Crippen molar-refractivity contribution in [2.24, 2.45) is 0 Å². The highest BCUT2D eigenvalue weighted by Gasteiger charge is 2.01. The molecule has 1 aromatic rings. The second kappa shape index (κ2) is 10.2. The lowest BCUT2D eigenvalue weighted by atomic mass is 9.97. The number of allylic oxidation sites excluding steroid dienone is 1. The van der Waals surface area contributed by atoms with Gasteiger partial charge in [0.05, 0.1) is 0 Å². The van der Waals surface area contributed by atoms with E-state index in [1.165, 1.54) is 16.7 Å². The van der Waals surface area contributed by atoms with Crippen molar-refractivity contribution in [3.8, 4) is 0 Å². The van der Waals surface area contributed by atoms with Crippen molar-refractivity contribution in [3.63, 3.8) is 0 Å². The lowest BCUT2D eigenvalue weighted by Gasteiger charge is -2.08. The zero-order chi connectivity index (χ0) is 13.1. The van der Waals surface area contributed by atoms with E-state index in [9.17, 15) is 0 Å². The fourth-order valence-corrected chi connectivity index (χ4v) is 1.44. The molecular formula is C16H26. The van der Waals surface area contributed by atoms with E-state index in [0.717, 1.165) is 5.57 Å². The third-order valence-corrected chi connectivity index (χ3v) is 1.95. The summed E-state index contributed by atoms with van der Waals surface area (Å²) in [7, 11) is 0. The van der Waals surface area contributed by atoms with Crippen LogP contribution in [0.3, 0.4) is 0 Å². The Kier molecular flexibility index (Phi) is 10.9. The first kappa shape index (κ1) is 17.1. The molecule has 1 aromatic carbocycles. The van der Waals surface area contributed by atoms with Crippen LogP contribution in [0.15, 0.2) is 31.4 Å². The van der Waals surface area contributed by atoms with Gasteiger partial charge in [-0.3, -0.25) is 0 Å². The summed E-state index contributed by atoms with van der Waals surface area (Å²) < 4.78 is 0. The van der Waals surface area contributed by atoms with Gasteiger partial charge in [0.15, 0.2) is 0 Å². The van der Waals surface area contributed by atoms with Gasteiger partial charge in [-0.05, 0) is 30.5 Å². The maximum absolute atomic E-state index is 3.95. The zero-order valence-electron chi connectivity index (χ0n) is 11.7. The van der Waals surface area contributed by atoms with Crippen molar-refractivity contribution in [2.45, 2.75) is 41.5 Å². The third kappa shape index (κ3) is 4.97. The first-order valence-electron chi connectivity index (χ1n) is 6.04. The van der Waals surface area contributed by atoms with E-state index in [4.69, 9.17) is 0 Å². The smallest absolute Gasteiger partial charge is 0.0132 e. The molecule has 16 heavy (non-hydrogen) atoms. The van der Waals surface area contributed by atoms with Gasteiger partial charge in [0.2, 0.25) is 0 Å². The Labute approximate surface area is 102 Å². The van der Waals surface area contributed by atoms with Crippen LogP contribution < -0.4 is 0 Å². The van der Waals surface area contributed by atoms with Gasteiger partial charge in [0.25, 0.3) is 0 Å². The highest BCUT2D eigenvalue weighted by molar-refractivity contribution is 5.73. The molecule has 0 nitrogen and oxygen atoms in total. The Morgan fingerprint density at radius 2 is 1.62 bits per heavy atom. The van der Waals surface area contributed by atoms with Crippen molar-refractivity contribution in [1.82, 2.24) is 0 Å². The predicted molar refractivity (Wildman–Crippen MR) is 78.7 cm³/mol. The average Bonchev–Trinajstić information content (AvgIpc) is 2.33. The maximum Gasteiger partial charge on any atom is -0.0132 e. The minimum atomic E-state index is 1.10. The van der Waals surface area contributed by atoms with Gasteiger partial charge in [-0.2, -0.15) is 0 Å². The van der Waals surface area contributed by atoms with Crippen LogP contribution in [0.1, 0.15) is 51.3 Å². The second-order valence-electron chi connectivity index (χ2n) is 3.02. The number of hydrogen-bond acceptors (Lipinski definition) is 0. The number of aryl methyl sites for hydroxylation is 1. The molecular weight excluding hydrogens is 192 g/mol. The van der Waals surface area contributed by atoms with Crippen molar-refractivity contribution in [3.05, 3.63) is 48.0 Å². The normalized spacial score (nSPS) is 7.88. The van der Waals surface area contributed by atoms with Gasteiger partial charge < -0.3 is 0 Å². The molecule has 0 aliphatic carbocycles.